The summed E-state index contributed by atoms with van der Waals surface area (Å²) < 4.78 is 11.5. The van der Waals surface area contributed by atoms with Crippen molar-refractivity contribution in [2.75, 3.05) is 7.11 Å². The van der Waals surface area contributed by atoms with Gasteiger partial charge >= 0.3 is 0 Å². The largest absolute Gasteiger partial charge is 0.493 e. The first-order valence-corrected chi connectivity index (χ1v) is 10.8. The Morgan fingerprint density at radius 2 is 1.63 bits per heavy atom. The lowest BCUT2D eigenvalue weighted by atomic mass is 10.1. The van der Waals surface area contributed by atoms with Gasteiger partial charge in [0.15, 0.2) is 11.5 Å². The molecule has 0 amide bonds. The van der Waals surface area contributed by atoms with E-state index in [2.05, 4.69) is 36.5 Å². The standard InChI is InChI=1S/C25H27Cl2NO2/c1-18(8-9-19-6-4-3-5-7-19)28-16-21-14-24(29-2)25(15-23(21)27)30-17-20-10-12-22(26)13-11-20/h3-7,10-15,18,28H,8-9,16-17H2,1-2H3. The maximum atomic E-state index is 6.52. The molecule has 158 valence electrons. The monoisotopic (exact) mass is 443 g/mol. The number of nitrogens with one attached hydrogen (secondary N) is 1. The second-order valence-electron chi connectivity index (χ2n) is 7.32. The second kappa shape index (κ2) is 11.3. The molecule has 1 unspecified atom stereocenters. The van der Waals surface area contributed by atoms with E-state index in [0.717, 1.165) is 24.0 Å². The van der Waals surface area contributed by atoms with Crippen molar-refractivity contribution in [3.05, 3.63) is 93.5 Å². The van der Waals surface area contributed by atoms with E-state index in [1.54, 1.807) is 7.11 Å². The van der Waals surface area contributed by atoms with Gasteiger partial charge in [0.25, 0.3) is 0 Å². The van der Waals surface area contributed by atoms with Crippen LogP contribution in [0.5, 0.6) is 11.5 Å². The molecule has 5 heteroatoms. The zero-order valence-electron chi connectivity index (χ0n) is 17.3. The van der Waals surface area contributed by atoms with Gasteiger partial charge in [0.2, 0.25) is 0 Å². The lowest BCUT2D eigenvalue weighted by Crippen LogP contribution is -2.26. The first kappa shape index (κ1) is 22.5. The molecule has 0 saturated heterocycles. The van der Waals surface area contributed by atoms with Crippen molar-refractivity contribution >= 4 is 23.2 Å². The molecule has 0 spiro atoms. The van der Waals surface area contributed by atoms with Crippen molar-refractivity contribution < 1.29 is 9.47 Å². The van der Waals surface area contributed by atoms with E-state index in [4.69, 9.17) is 32.7 Å². The average Bonchev–Trinajstić information content (AvgIpc) is 2.77. The van der Waals surface area contributed by atoms with Crippen molar-refractivity contribution in [2.45, 2.75) is 39.0 Å². The molecule has 3 nitrogen and oxygen atoms in total. The Balaban J connectivity index is 1.56. The predicted octanol–water partition coefficient (Wildman–Crippen LogP) is 6.69. The number of rotatable bonds is 10. The summed E-state index contributed by atoms with van der Waals surface area (Å²) in [6.45, 7) is 3.28. The van der Waals surface area contributed by atoms with Crippen LogP contribution < -0.4 is 14.8 Å². The second-order valence-corrected chi connectivity index (χ2v) is 8.16. The average molecular weight is 444 g/mol. The lowest BCUT2D eigenvalue weighted by molar-refractivity contribution is 0.284. The molecular weight excluding hydrogens is 417 g/mol. The third-order valence-electron chi connectivity index (χ3n) is 4.99. The molecule has 30 heavy (non-hydrogen) atoms. The molecule has 1 atom stereocenters. The molecule has 0 heterocycles. The predicted molar refractivity (Wildman–Crippen MR) is 125 cm³/mol. The van der Waals surface area contributed by atoms with Crippen molar-refractivity contribution in [3.8, 4) is 11.5 Å². The minimum absolute atomic E-state index is 0.369. The van der Waals surface area contributed by atoms with Crippen molar-refractivity contribution in [2.24, 2.45) is 0 Å². The minimum Gasteiger partial charge on any atom is -0.493 e. The summed E-state index contributed by atoms with van der Waals surface area (Å²) in [6, 6.07) is 22.2. The maximum Gasteiger partial charge on any atom is 0.163 e. The molecule has 3 rings (SSSR count). The van der Waals surface area contributed by atoms with Crippen molar-refractivity contribution in [1.29, 1.82) is 0 Å². The fourth-order valence-electron chi connectivity index (χ4n) is 3.14. The molecular formula is C25H27Cl2NO2. The molecule has 1 N–H and O–H groups in total. The molecule has 3 aromatic rings. The highest BCUT2D eigenvalue weighted by Crippen LogP contribution is 2.34. The van der Waals surface area contributed by atoms with Gasteiger partial charge in [-0.15, -0.1) is 0 Å². The van der Waals surface area contributed by atoms with Gasteiger partial charge in [-0.05, 0) is 54.7 Å². The maximum absolute atomic E-state index is 6.52. The summed E-state index contributed by atoms with van der Waals surface area (Å²) in [5.74, 6) is 1.29. The number of ether oxygens (including phenoxy) is 2. The van der Waals surface area contributed by atoms with Gasteiger partial charge in [0.05, 0.1) is 7.11 Å². The zero-order valence-corrected chi connectivity index (χ0v) is 18.8. The molecule has 0 saturated carbocycles. The van der Waals surface area contributed by atoms with E-state index in [9.17, 15) is 0 Å². The van der Waals surface area contributed by atoms with E-state index in [0.29, 0.717) is 40.7 Å². The van der Waals surface area contributed by atoms with E-state index >= 15 is 0 Å². The number of hydrogen-bond acceptors (Lipinski definition) is 3. The van der Waals surface area contributed by atoms with Crippen LogP contribution in [0.2, 0.25) is 10.0 Å². The first-order chi connectivity index (χ1) is 14.5. The number of halogens is 2. The van der Waals surface area contributed by atoms with E-state index in [-0.39, 0.29) is 0 Å². The van der Waals surface area contributed by atoms with Crippen LogP contribution in [-0.2, 0) is 19.6 Å². The zero-order chi connectivity index (χ0) is 21.3. The number of methoxy groups -OCH3 is 1. The fourth-order valence-corrected chi connectivity index (χ4v) is 3.49. The first-order valence-electron chi connectivity index (χ1n) is 10.1. The summed E-state index contributed by atoms with van der Waals surface area (Å²) in [5, 5.41) is 4.91. The van der Waals surface area contributed by atoms with Crippen LogP contribution in [0, 0.1) is 0 Å². The molecule has 0 aromatic heterocycles. The normalized spacial score (nSPS) is 11.9. The van der Waals surface area contributed by atoms with Crippen LogP contribution in [0.25, 0.3) is 0 Å². The highest BCUT2D eigenvalue weighted by molar-refractivity contribution is 6.31. The highest BCUT2D eigenvalue weighted by atomic mass is 35.5. The Hall–Kier alpha value is -2.20. The van der Waals surface area contributed by atoms with Crippen LogP contribution in [0.3, 0.4) is 0 Å². The van der Waals surface area contributed by atoms with Gasteiger partial charge in [-0.2, -0.15) is 0 Å². The van der Waals surface area contributed by atoms with E-state index in [1.807, 2.05) is 42.5 Å². The number of hydrogen-bond donors (Lipinski definition) is 1. The topological polar surface area (TPSA) is 30.5 Å². The third-order valence-corrected chi connectivity index (χ3v) is 5.59. The summed E-state index contributed by atoms with van der Waals surface area (Å²) in [5.41, 5.74) is 3.36. The van der Waals surface area contributed by atoms with E-state index < -0.39 is 0 Å². The van der Waals surface area contributed by atoms with Gasteiger partial charge in [-0.25, -0.2) is 0 Å². The van der Waals surface area contributed by atoms with Crippen LogP contribution >= 0.6 is 23.2 Å². The Bertz CT molecular complexity index is 930. The van der Waals surface area contributed by atoms with Crippen LogP contribution in [0.15, 0.2) is 66.7 Å². The smallest absolute Gasteiger partial charge is 0.163 e. The molecule has 0 aliphatic rings. The molecule has 0 aliphatic heterocycles. The van der Waals surface area contributed by atoms with Crippen molar-refractivity contribution in [1.82, 2.24) is 5.32 Å². The number of benzene rings is 3. The van der Waals surface area contributed by atoms with Gasteiger partial charge in [-0.1, -0.05) is 65.7 Å². The Morgan fingerprint density at radius 3 is 2.33 bits per heavy atom. The lowest BCUT2D eigenvalue weighted by Gasteiger charge is -2.17. The van der Waals surface area contributed by atoms with Gasteiger partial charge in [-0.3, -0.25) is 0 Å². The van der Waals surface area contributed by atoms with E-state index in [1.165, 1.54) is 5.56 Å². The Kier molecular flexibility index (Phi) is 8.44. The Labute approximate surface area is 188 Å². The summed E-state index contributed by atoms with van der Waals surface area (Å²) in [4.78, 5) is 0. The third kappa shape index (κ3) is 6.66. The molecule has 0 fully saturated rings. The summed E-state index contributed by atoms with van der Waals surface area (Å²) >= 11 is 12.5. The van der Waals surface area contributed by atoms with Gasteiger partial charge < -0.3 is 14.8 Å². The van der Waals surface area contributed by atoms with Gasteiger partial charge in [0.1, 0.15) is 6.61 Å². The summed E-state index contributed by atoms with van der Waals surface area (Å²) in [6.07, 6.45) is 2.10. The van der Waals surface area contributed by atoms with Crippen LogP contribution in [0.4, 0.5) is 0 Å². The van der Waals surface area contributed by atoms with Crippen molar-refractivity contribution in [3.63, 3.8) is 0 Å². The van der Waals surface area contributed by atoms with Gasteiger partial charge in [0, 0.05) is 28.7 Å². The minimum atomic E-state index is 0.369. The molecule has 0 bridgehead atoms. The number of aryl methyl sites for hydroxylation is 1. The molecule has 0 radical (unpaired) electrons. The SMILES string of the molecule is COc1cc(CNC(C)CCc2ccccc2)c(Cl)cc1OCc1ccc(Cl)cc1. The highest BCUT2D eigenvalue weighted by Gasteiger charge is 2.12. The molecule has 0 aliphatic carbocycles. The Morgan fingerprint density at radius 1 is 0.900 bits per heavy atom. The fraction of sp³-hybridized carbons (Fsp3) is 0.280. The van der Waals surface area contributed by atoms with Crippen LogP contribution in [0.1, 0.15) is 30.0 Å². The van der Waals surface area contributed by atoms with Crippen LogP contribution in [-0.4, -0.2) is 13.2 Å². The quantitative estimate of drug-likeness (QED) is 0.378. The summed E-state index contributed by atoms with van der Waals surface area (Å²) in [7, 11) is 1.64. The molecule has 3 aromatic carbocycles.